The van der Waals surface area contributed by atoms with Crippen LogP contribution in [0.15, 0.2) is 24.1 Å². The van der Waals surface area contributed by atoms with E-state index in [1.165, 1.54) is 17.7 Å². The molecule has 0 spiro atoms. The van der Waals surface area contributed by atoms with Crippen LogP contribution in [-0.2, 0) is 4.74 Å². The fraction of sp³-hybridized carbons (Fsp3) is 0.357. The van der Waals surface area contributed by atoms with Crippen molar-refractivity contribution in [1.29, 1.82) is 0 Å². The van der Waals surface area contributed by atoms with Crippen molar-refractivity contribution in [2.75, 3.05) is 12.3 Å². The third-order valence-electron chi connectivity index (χ3n) is 4.09. The number of hydrogen-bond acceptors (Lipinski definition) is 9. The molecule has 0 radical (unpaired) electrons. The van der Waals surface area contributed by atoms with Crippen LogP contribution in [0.4, 0.5) is 5.82 Å². The lowest BCUT2D eigenvalue weighted by Crippen LogP contribution is -2.33. The topological polar surface area (TPSA) is 140 Å². The summed E-state index contributed by atoms with van der Waals surface area (Å²) in [5.41, 5.74) is 7.19. The van der Waals surface area contributed by atoms with Crippen LogP contribution in [-0.4, -0.2) is 59.8 Å². The summed E-state index contributed by atoms with van der Waals surface area (Å²) in [7, 11) is 0. The number of aromatic nitrogens is 4. The largest absolute Gasteiger partial charge is 0.394 e. The monoisotopic (exact) mass is 349 g/mol. The van der Waals surface area contributed by atoms with E-state index in [1.54, 1.807) is 17.0 Å². The van der Waals surface area contributed by atoms with Crippen molar-refractivity contribution in [3.05, 3.63) is 24.1 Å². The third kappa shape index (κ3) is 2.19. The molecule has 3 aromatic rings. The Hall–Kier alpha value is -2.11. The van der Waals surface area contributed by atoms with Gasteiger partial charge in [-0.1, -0.05) is 0 Å². The molecule has 4 heterocycles. The molecule has 1 unspecified atom stereocenters. The zero-order valence-electron chi connectivity index (χ0n) is 12.4. The van der Waals surface area contributed by atoms with Gasteiger partial charge in [0.2, 0.25) is 0 Å². The second-order valence-corrected chi connectivity index (χ2v) is 6.37. The summed E-state index contributed by atoms with van der Waals surface area (Å²) in [6, 6.07) is 0. The molecule has 4 rings (SSSR count). The lowest BCUT2D eigenvalue weighted by Gasteiger charge is -2.17. The Morgan fingerprint density at radius 1 is 1.25 bits per heavy atom. The highest BCUT2D eigenvalue weighted by Gasteiger charge is 2.44. The molecule has 126 valence electrons. The number of thiazole rings is 1. The first-order valence-electron chi connectivity index (χ1n) is 7.25. The van der Waals surface area contributed by atoms with Crippen LogP contribution in [0.5, 0.6) is 0 Å². The van der Waals surface area contributed by atoms with Gasteiger partial charge >= 0.3 is 0 Å². The summed E-state index contributed by atoms with van der Waals surface area (Å²) in [5.74, 6) is 0.288. The number of nitrogen functional groups attached to an aromatic ring is 1. The molecule has 5 N–H and O–H groups in total. The molecule has 3 aromatic heterocycles. The molecule has 0 bridgehead atoms. The summed E-state index contributed by atoms with van der Waals surface area (Å²) in [6.45, 7) is -0.398. The first-order valence-corrected chi connectivity index (χ1v) is 8.13. The molecule has 4 atom stereocenters. The van der Waals surface area contributed by atoms with E-state index in [0.29, 0.717) is 11.0 Å². The smallest absolute Gasteiger partial charge is 0.164 e. The van der Waals surface area contributed by atoms with Gasteiger partial charge in [-0.15, -0.1) is 11.3 Å². The predicted molar refractivity (Wildman–Crippen MR) is 86.1 cm³/mol. The highest BCUT2D eigenvalue weighted by Crippen LogP contribution is 2.38. The molecule has 0 amide bonds. The fourth-order valence-corrected chi connectivity index (χ4v) is 3.58. The van der Waals surface area contributed by atoms with Crippen molar-refractivity contribution in [1.82, 2.24) is 19.5 Å². The summed E-state index contributed by atoms with van der Waals surface area (Å²) in [5, 5.41) is 32.7. The number of fused-ring (bicyclic) bond motifs is 1. The van der Waals surface area contributed by atoms with Crippen molar-refractivity contribution in [3.63, 3.8) is 0 Å². The minimum atomic E-state index is -1.21. The van der Waals surface area contributed by atoms with Gasteiger partial charge in [0.15, 0.2) is 6.23 Å². The van der Waals surface area contributed by atoms with Crippen molar-refractivity contribution in [2.24, 2.45) is 0 Å². The number of ether oxygens (including phenoxy) is 1. The number of anilines is 1. The minimum Gasteiger partial charge on any atom is -0.394 e. The van der Waals surface area contributed by atoms with Crippen LogP contribution in [0.2, 0.25) is 0 Å². The van der Waals surface area contributed by atoms with E-state index >= 15 is 0 Å². The Labute approximate surface area is 140 Å². The number of aliphatic hydroxyl groups excluding tert-OH is 3. The van der Waals surface area contributed by atoms with Crippen molar-refractivity contribution >= 4 is 28.2 Å². The van der Waals surface area contributed by atoms with E-state index in [1.807, 2.05) is 5.38 Å². The van der Waals surface area contributed by atoms with Crippen LogP contribution in [0.1, 0.15) is 6.23 Å². The first-order chi connectivity index (χ1) is 11.6. The van der Waals surface area contributed by atoms with Gasteiger partial charge in [0, 0.05) is 23.3 Å². The van der Waals surface area contributed by atoms with Gasteiger partial charge in [-0.2, -0.15) is 0 Å². The lowest BCUT2D eigenvalue weighted by atomic mass is 10.1. The van der Waals surface area contributed by atoms with Crippen LogP contribution in [0.3, 0.4) is 0 Å². The van der Waals surface area contributed by atoms with E-state index in [0.717, 1.165) is 10.6 Å². The highest BCUT2D eigenvalue weighted by molar-refractivity contribution is 7.13. The average Bonchev–Trinajstić information content (AvgIpc) is 3.28. The minimum absolute atomic E-state index is 0.288. The maximum atomic E-state index is 10.3. The Morgan fingerprint density at radius 2 is 2.08 bits per heavy atom. The molecule has 0 aromatic carbocycles. The van der Waals surface area contributed by atoms with Crippen LogP contribution in [0, 0.1) is 0 Å². The van der Waals surface area contributed by atoms with Crippen molar-refractivity contribution in [3.8, 4) is 10.6 Å². The number of rotatable bonds is 3. The van der Waals surface area contributed by atoms with Gasteiger partial charge < -0.3 is 30.4 Å². The zero-order chi connectivity index (χ0) is 16.8. The van der Waals surface area contributed by atoms with Gasteiger partial charge in [0.1, 0.15) is 41.1 Å². The first kappa shape index (κ1) is 15.4. The summed E-state index contributed by atoms with van der Waals surface area (Å²) < 4.78 is 7.19. The van der Waals surface area contributed by atoms with Gasteiger partial charge in [-0.25, -0.2) is 15.0 Å². The van der Waals surface area contributed by atoms with E-state index in [-0.39, 0.29) is 5.82 Å². The van der Waals surface area contributed by atoms with Gasteiger partial charge in [0.25, 0.3) is 0 Å². The van der Waals surface area contributed by atoms with E-state index in [9.17, 15) is 15.3 Å². The van der Waals surface area contributed by atoms with E-state index in [4.69, 9.17) is 10.5 Å². The molecule has 1 saturated heterocycles. The van der Waals surface area contributed by atoms with Gasteiger partial charge in [-0.05, 0) is 0 Å². The molecule has 10 heteroatoms. The number of aliphatic hydroxyl groups is 3. The van der Waals surface area contributed by atoms with Crippen LogP contribution in [0.25, 0.3) is 21.6 Å². The Bertz CT molecular complexity index is 868. The van der Waals surface area contributed by atoms with E-state index in [2.05, 4.69) is 15.0 Å². The van der Waals surface area contributed by atoms with E-state index < -0.39 is 31.1 Å². The standard InChI is InChI=1S/C14H15N5O4S/c15-11-8-6(13-16-1-2-24-13)3-19(12(8)18-5-17-11)14-10(22)9(21)7(4-20)23-14/h1-3,5,7,9-10,14,20-22H,4H2,(H2,15,17,18)/t7-,9?,10+,14-/m1/s1. The SMILES string of the molecule is Nc1ncnc2c1c(-c1nccs1)cn2[C@@H]1O[C@H](CO)C(O)[C@@H]1O. The molecule has 9 nitrogen and oxygen atoms in total. The molecule has 1 fully saturated rings. The zero-order valence-corrected chi connectivity index (χ0v) is 13.2. The normalized spacial score (nSPS) is 27.1. The molecule has 0 aliphatic carbocycles. The highest BCUT2D eigenvalue weighted by atomic mass is 32.1. The molecular formula is C14H15N5O4S. The predicted octanol–water partition coefficient (Wildman–Crippen LogP) is -0.252. The Morgan fingerprint density at radius 3 is 2.75 bits per heavy atom. The maximum absolute atomic E-state index is 10.3. The molecule has 1 aliphatic rings. The maximum Gasteiger partial charge on any atom is 0.164 e. The third-order valence-corrected chi connectivity index (χ3v) is 4.90. The molecule has 1 aliphatic heterocycles. The second-order valence-electron chi connectivity index (χ2n) is 5.47. The number of hydrogen-bond donors (Lipinski definition) is 4. The summed E-state index contributed by atoms with van der Waals surface area (Å²) in [4.78, 5) is 12.5. The van der Waals surface area contributed by atoms with Gasteiger partial charge in [-0.3, -0.25) is 0 Å². The molecule has 0 saturated carbocycles. The van der Waals surface area contributed by atoms with Crippen molar-refractivity contribution in [2.45, 2.75) is 24.5 Å². The quantitative estimate of drug-likeness (QED) is 0.507. The fourth-order valence-electron chi connectivity index (χ4n) is 2.93. The lowest BCUT2D eigenvalue weighted by molar-refractivity contribution is -0.0508. The molecular weight excluding hydrogens is 334 g/mol. The molecule has 24 heavy (non-hydrogen) atoms. The number of nitrogens with two attached hydrogens (primary N) is 1. The number of nitrogens with zero attached hydrogens (tertiary/aromatic N) is 4. The summed E-state index contributed by atoms with van der Waals surface area (Å²) >= 11 is 1.43. The van der Waals surface area contributed by atoms with Gasteiger partial charge in [0.05, 0.1) is 12.0 Å². The Balaban J connectivity index is 1.90. The average molecular weight is 349 g/mol. The van der Waals surface area contributed by atoms with Crippen molar-refractivity contribution < 1.29 is 20.1 Å². The van der Waals surface area contributed by atoms with Crippen LogP contribution >= 0.6 is 11.3 Å². The Kier molecular flexibility index (Phi) is 3.70. The second kappa shape index (κ2) is 5.76. The van der Waals surface area contributed by atoms with Crippen LogP contribution < -0.4 is 5.73 Å². The summed E-state index contributed by atoms with van der Waals surface area (Å²) in [6.07, 6.45) is 0.539.